The molecule has 6 nitrogen and oxygen atoms in total. The SMILES string of the molecule is N#C/C(=C/c1cc(Br)c(Sc2ccc(Cl)cc2)o1)C1=NN(c2ccccc2)[C@H](N)[C@H]1C#N. The van der Waals surface area contributed by atoms with Gasteiger partial charge in [-0.2, -0.15) is 15.6 Å². The third-order valence-electron chi connectivity index (χ3n) is 4.68. The standard InChI is InChI=1S/C23H15BrClN5OS/c24-20-11-17(31-23(20)32-18-8-6-15(25)7-9-18)10-14(12-26)21-19(13-27)22(28)30(29-21)16-4-2-1-3-5-16/h1-11,19,22H,28H2/b14-10-/t19-,22-/m0/s1. The number of halogens is 2. The monoisotopic (exact) mass is 523 g/mol. The predicted molar refractivity (Wildman–Crippen MR) is 129 cm³/mol. The van der Waals surface area contributed by atoms with E-state index in [0.717, 1.165) is 15.1 Å². The van der Waals surface area contributed by atoms with Crippen molar-refractivity contribution in [2.75, 3.05) is 5.01 Å². The van der Waals surface area contributed by atoms with Crippen molar-refractivity contribution in [1.82, 2.24) is 0 Å². The van der Waals surface area contributed by atoms with Crippen molar-refractivity contribution in [2.24, 2.45) is 16.8 Å². The number of furan rings is 1. The van der Waals surface area contributed by atoms with Crippen molar-refractivity contribution >= 4 is 56.8 Å². The fourth-order valence-electron chi connectivity index (χ4n) is 3.14. The van der Waals surface area contributed by atoms with Crippen LogP contribution in [0.15, 0.2) is 90.2 Å². The molecule has 9 heteroatoms. The smallest absolute Gasteiger partial charge is 0.179 e. The van der Waals surface area contributed by atoms with Crippen LogP contribution in [0.3, 0.4) is 0 Å². The first kappa shape index (κ1) is 22.2. The summed E-state index contributed by atoms with van der Waals surface area (Å²) >= 11 is 10.9. The Morgan fingerprint density at radius 3 is 2.56 bits per heavy atom. The first-order chi connectivity index (χ1) is 15.5. The van der Waals surface area contributed by atoms with Crippen molar-refractivity contribution in [2.45, 2.75) is 16.2 Å². The van der Waals surface area contributed by atoms with Crippen LogP contribution < -0.4 is 10.7 Å². The lowest BCUT2D eigenvalue weighted by Crippen LogP contribution is -2.40. The number of nitriles is 2. The predicted octanol–water partition coefficient (Wildman–Crippen LogP) is 6.05. The molecule has 32 heavy (non-hydrogen) atoms. The van der Waals surface area contributed by atoms with Gasteiger partial charge < -0.3 is 10.2 Å². The van der Waals surface area contributed by atoms with E-state index in [4.69, 9.17) is 21.8 Å². The fourth-order valence-corrected chi connectivity index (χ4v) is 4.60. The van der Waals surface area contributed by atoms with E-state index >= 15 is 0 Å². The Bertz CT molecular complexity index is 1270. The molecule has 0 saturated heterocycles. The molecular formula is C23H15BrClN5OS. The molecule has 1 aromatic heterocycles. The van der Waals surface area contributed by atoms with Crippen LogP contribution >= 0.6 is 39.3 Å². The molecule has 0 fully saturated rings. The maximum atomic E-state index is 9.80. The minimum atomic E-state index is -0.762. The Labute approximate surface area is 202 Å². The van der Waals surface area contributed by atoms with Gasteiger partial charge in [0.2, 0.25) is 0 Å². The van der Waals surface area contributed by atoms with Gasteiger partial charge in [-0.1, -0.05) is 41.6 Å². The van der Waals surface area contributed by atoms with Crippen LogP contribution in [-0.4, -0.2) is 11.9 Å². The molecule has 0 bridgehead atoms. The lowest BCUT2D eigenvalue weighted by molar-refractivity contribution is 0.463. The highest BCUT2D eigenvalue weighted by atomic mass is 79.9. The molecule has 1 aliphatic rings. The second-order valence-corrected chi connectivity index (χ2v) is 9.11. The summed E-state index contributed by atoms with van der Waals surface area (Å²) in [5.74, 6) is -0.307. The van der Waals surface area contributed by atoms with Crippen molar-refractivity contribution in [1.29, 1.82) is 10.5 Å². The van der Waals surface area contributed by atoms with Crippen LogP contribution in [0.5, 0.6) is 0 Å². The number of benzene rings is 2. The molecule has 0 unspecified atom stereocenters. The summed E-state index contributed by atoms with van der Waals surface area (Å²) in [5, 5.41) is 26.9. The number of rotatable bonds is 5. The minimum absolute atomic E-state index is 0.217. The van der Waals surface area contributed by atoms with E-state index in [1.54, 1.807) is 29.3 Å². The third kappa shape index (κ3) is 4.59. The van der Waals surface area contributed by atoms with Crippen molar-refractivity contribution in [3.05, 3.63) is 81.5 Å². The van der Waals surface area contributed by atoms with Crippen LogP contribution in [0.1, 0.15) is 5.76 Å². The molecule has 2 N–H and O–H groups in total. The van der Waals surface area contributed by atoms with Crippen molar-refractivity contribution < 1.29 is 4.42 Å². The largest absolute Gasteiger partial charge is 0.449 e. The molecule has 0 amide bonds. The Kier molecular flexibility index (Phi) is 6.69. The summed E-state index contributed by atoms with van der Waals surface area (Å²) in [6.07, 6.45) is 0.870. The van der Waals surface area contributed by atoms with E-state index in [-0.39, 0.29) is 5.57 Å². The zero-order chi connectivity index (χ0) is 22.7. The number of nitrogens with two attached hydrogens (primary N) is 1. The Balaban J connectivity index is 1.64. The first-order valence-electron chi connectivity index (χ1n) is 9.43. The van der Waals surface area contributed by atoms with Gasteiger partial charge in [0, 0.05) is 16.0 Å². The zero-order valence-corrected chi connectivity index (χ0v) is 19.6. The van der Waals surface area contributed by atoms with Crippen LogP contribution in [-0.2, 0) is 0 Å². The normalized spacial score (nSPS) is 18.2. The molecule has 158 valence electrons. The van der Waals surface area contributed by atoms with Gasteiger partial charge in [0.15, 0.2) is 5.09 Å². The summed E-state index contributed by atoms with van der Waals surface area (Å²) in [4.78, 5) is 0.953. The van der Waals surface area contributed by atoms with E-state index < -0.39 is 12.1 Å². The molecule has 0 radical (unpaired) electrons. The molecule has 3 aromatic rings. The number of anilines is 1. The van der Waals surface area contributed by atoms with Gasteiger partial charge in [0.25, 0.3) is 0 Å². The number of hydrazone groups is 1. The minimum Gasteiger partial charge on any atom is -0.449 e. The molecule has 0 spiro atoms. The molecular weight excluding hydrogens is 510 g/mol. The highest BCUT2D eigenvalue weighted by Gasteiger charge is 2.37. The maximum absolute atomic E-state index is 9.80. The number of hydrogen-bond donors (Lipinski definition) is 1. The first-order valence-corrected chi connectivity index (χ1v) is 11.4. The average molecular weight is 525 g/mol. The lowest BCUT2D eigenvalue weighted by atomic mass is 9.96. The van der Waals surface area contributed by atoms with Gasteiger partial charge >= 0.3 is 0 Å². The van der Waals surface area contributed by atoms with E-state index in [0.29, 0.717) is 21.6 Å². The zero-order valence-electron chi connectivity index (χ0n) is 16.4. The molecule has 2 aromatic carbocycles. The molecule has 0 saturated carbocycles. The summed E-state index contributed by atoms with van der Waals surface area (Å²) in [6.45, 7) is 0. The van der Waals surface area contributed by atoms with Gasteiger partial charge in [-0.15, -0.1) is 0 Å². The van der Waals surface area contributed by atoms with Gasteiger partial charge in [0.05, 0.1) is 27.5 Å². The van der Waals surface area contributed by atoms with Gasteiger partial charge in [-0.3, -0.25) is 0 Å². The molecule has 0 aliphatic carbocycles. The summed E-state index contributed by atoms with van der Waals surface area (Å²) in [7, 11) is 0. The highest BCUT2D eigenvalue weighted by Crippen LogP contribution is 2.37. The maximum Gasteiger partial charge on any atom is 0.179 e. The topological polar surface area (TPSA) is 102 Å². The van der Waals surface area contributed by atoms with Gasteiger partial charge in [-0.05, 0) is 58.4 Å². The van der Waals surface area contributed by atoms with E-state index in [1.807, 2.05) is 42.5 Å². The van der Waals surface area contributed by atoms with Gasteiger partial charge in [0.1, 0.15) is 23.9 Å². The molecule has 2 heterocycles. The summed E-state index contributed by atoms with van der Waals surface area (Å²) in [6, 6.07) is 22.8. The second-order valence-electron chi connectivity index (χ2n) is 6.77. The number of allylic oxidation sites excluding steroid dienone is 1. The van der Waals surface area contributed by atoms with Crippen LogP contribution in [0.2, 0.25) is 5.02 Å². The quantitative estimate of drug-likeness (QED) is 0.407. The number of nitrogens with zero attached hydrogens (tertiary/aromatic N) is 4. The summed E-state index contributed by atoms with van der Waals surface area (Å²) < 4.78 is 6.66. The molecule has 2 atom stereocenters. The summed E-state index contributed by atoms with van der Waals surface area (Å²) in [5.41, 5.74) is 7.55. The van der Waals surface area contributed by atoms with Crippen LogP contribution in [0, 0.1) is 28.6 Å². The van der Waals surface area contributed by atoms with E-state index in [1.165, 1.54) is 11.8 Å². The fraction of sp³-hybridized carbons (Fsp3) is 0.0870. The van der Waals surface area contributed by atoms with Crippen LogP contribution in [0.25, 0.3) is 6.08 Å². The molecule has 1 aliphatic heterocycles. The van der Waals surface area contributed by atoms with E-state index in [9.17, 15) is 10.5 Å². The Morgan fingerprint density at radius 1 is 1.19 bits per heavy atom. The average Bonchev–Trinajstić information content (AvgIpc) is 3.32. The van der Waals surface area contributed by atoms with Crippen molar-refractivity contribution in [3.8, 4) is 12.1 Å². The molecule has 4 rings (SSSR count). The Hall–Kier alpha value is -3.01. The third-order valence-corrected chi connectivity index (χ3v) is 6.78. The van der Waals surface area contributed by atoms with Crippen molar-refractivity contribution in [3.63, 3.8) is 0 Å². The van der Waals surface area contributed by atoms with Crippen LogP contribution in [0.4, 0.5) is 5.69 Å². The number of hydrogen-bond acceptors (Lipinski definition) is 7. The van der Waals surface area contributed by atoms with E-state index in [2.05, 4.69) is 33.2 Å². The number of para-hydroxylation sites is 1. The van der Waals surface area contributed by atoms with Gasteiger partial charge in [-0.25, -0.2) is 5.01 Å². The Morgan fingerprint density at radius 2 is 1.91 bits per heavy atom. The second kappa shape index (κ2) is 9.64. The highest BCUT2D eigenvalue weighted by molar-refractivity contribution is 9.10. The lowest BCUT2D eigenvalue weighted by Gasteiger charge is -2.21.